The summed E-state index contributed by atoms with van der Waals surface area (Å²) in [5, 5.41) is 0. The van der Waals surface area contributed by atoms with Crippen LogP contribution in [-0.2, 0) is 4.74 Å². The van der Waals surface area contributed by atoms with E-state index in [9.17, 15) is 0 Å². The maximum absolute atomic E-state index is 5.69. The lowest BCUT2D eigenvalue weighted by atomic mass is 9.99. The Morgan fingerprint density at radius 2 is 1.83 bits per heavy atom. The van der Waals surface area contributed by atoms with Gasteiger partial charge in [0.25, 0.3) is 0 Å². The molecule has 0 spiro atoms. The van der Waals surface area contributed by atoms with Crippen LogP contribution in [0.3, 0.4) is 0 Å². The molecule has 0 aromatic carbocycles. The van der Waals surface area contributed by atoms with E-state index in [1.807, 2.05) is 0 Å². The highest BCUT2D eigenvalue weighted by atomic mass is 16.5. The highest BCUT2D eigenvalue weighted by Crippen LogP contribution is 2.14. The summed E-state index contributed by atoms with van der Waals surface area (Å²) in [7, 11) is 0. The summed E-state index contributed by atoms with van der Waals surface area (Å²) in [5.74, 6) is 0.586. The molecule has 0 amide bonds. The predicted molar refractivity (Wildman–Crippen MR) is 53.1 cm³/mol. The SMILES string of the molecule is CCCC(C)C(CN)OC(C)C. The molecule has 0 heterocycles. The highest BCUT2D eigenvalue weighted by Gasteiger charge is 2.16. The molecule has 74 valence electrons. The molecule has 2 nitrogen and oxygen atoms in total. The Hall–Kier alpha value is -0.0800. The molecule has 2 unspecified atom stereocenters. The molecule has 0 saturated carbocycles. The summed E-state index contributed by atoms with van der Waals surface area (Å²) in [6, 6.07) is 0. The van der Waals surface area contributed by atoms with E-state index < -0.39 is 0 Å². The van der Waals surface area contributed by atoms with Gasteiger partial charge in [-0.05, 0) is 26.2 Å². The first kappa shape index (κ1) is 11.9. The molecule has 0 bridgehead atoms. The van der Waals surface area contributed by atoms with Gasteiger partial charge in [-0.25, -0.2) is 0 Å². The van der Waals surface area contributed by atoms with E-state index >= 15 is 0 Å². The van der Waals surface area contributed by atoms with Crippen LogP contribution in [0.15, 0.2) is 0 Å². The number of hydrogen-bond acceptors (Lipinski definition) is 2. The number of rotatable bonds is 6. The third-order valence-electron chi connectivity index (χ3n) is 2.06. The summed E-state index contributed by atoms with van der Waals surface area (Å²) >= 11 is 0. The third kappa shape index (κ3) is 4.73. The van der Waals surface area contributed by atoms with Crippen LogP contribution in [0.2, 0.25) is 0 Å². The van der Waals surface area contributed by atoms with Gasteiger partial charge >= 0.3 is 0 Å². The molecule has 2 N–H and O–H groups in total. The van der Waals surface area contributed by atoms with Gasteiger partial charge in [0.1, 0.15) is 0 Å². The lowest BCUT2D eigenvalue weighted by Gasteiger charge is -2.24. The van der Waals surface area contributed by atoms with Crippen molar-refractivity contribution in [1.29, 1.82) is 0 Å². The molecule has 2 atom stereocenters. The Kier molecular flexibility index (Phi) is 6.39. The Balaban J connectivity index is 3.78. The zero-order chi connectivity index (χ0) is 9.56. The molecule has 0 aliphatic carbocycles. The number of hydrogen-bond donors (Lipinski definition) is 1. The molecule has 0 radical (unpaired) electrons. The maximum Gasteiger partial charge on any atom is 0.0726 e. The zero-order valence-corrected chi connectivity index (χ0v) is 8.84. The molecule has 0 aromatic rings. The standard InChI is InChI=1S/C10H23NO/c1-5-6-9(4)10(7-11)12-8(2)3/h8-10H,5-7,11H2,1-4H3. The van der Waals surface area contributed by atoms with Gasteiger partial charge in [0.15, 0.2) is 0 Å². The monoisotopic (exact) mass is 173 g/mol. The van der Waals surface area contributed by atoms with Gasteiger partial charge in [0, 0.05) is 6.54 Å². The van der Waals surface area contributed by atoms with Gasteiger partial charge in [-0.15, -0.1) is 0 Å². The van der Waals surface area contributed by atoms with Crippen LogP contribution in [-0.4, -0.2) is 18.8 Å². The van der Waals surface area contributed by atoms with Crippen molar-refractivity contribution in [2.45, 2.75) is 52.7 Å². The van der Waals surface area contributed by atoms with Crippen LogP contribution < -0.4 is 5.73 Å². The van der Waals surface area contributed by atoms with Gasteiger partial charge in [-0.1, -0.05) is 20.3 Å². The second-order valence-electron chi connectivity index (χ2n) is 3.72. The van der Waals surface area contributed by atoms with Gasteiger partial charge in [-0.2, -0.15) is 0 Å². The fraction of sp³-hybridized carbons (Fsp3) is 1.00. The van der Waals surface area contributed by atoms with Crippen molar-refractivity contribution in [1.82, 2.24) is 0 Å². The van der Waals surface area contributed by atoms with Crippen LogP contribution in [0, 0.1) is 5.92 Å². The molecule has 0 aromatic heterocycles. The third-order valence-corrected chi connectivity index (χ3v) is 2.06. The van der Waals surface area contributed by atoms with Crippen molar-refractivity contribution >= 4 is 0 Å². The van der Waals surface area contributed by atoms with Crippen LogP contribution in [0.25, 0.3) is 0 Å². The molecular formula is C10H23NO. The van der Waals surface area contributed by atoms with Gasteiger partial charge < -0.3 is 10.5 Å². The number of ether oxygens (including phenoxy) is 1. The van der Waals surface area contributed by atoms with Crippen molar-refractivity contribution in [3.8, 4) is 0 Å². The molecule has 2 heteroatoms. The highest BCUT2D eigenvalue weighted by molar-refractivity contribution is 4.67. The van der Waals surface area contributed by atoms with E-state index in [-0.39, 0.29) is 12.2 Å². The predicted octanol–water partition coefficient (Wildman–Crippen LogP) is 2.17. The fourth-order valence-electron chi connectivity index (χ4n) is 1.41. The quantitative estimate of drug-likeness (QED) is 0.668. The van der Waals surface area contributed by atoms with E-state index in [4.69, 9.17) is 10.5 Å². The average molecular weight is 173 g/mol. The minimum atomic E-state index is 0.241. The topological polar surface area (TPSA) is 35.2 Å². The van der Waals surface area contributed by atoms with Crippen LogP contribution in [0.5, 0.6) is 0 Å². The van der Waals surface area contributed by atoms with Crippen LogP contribution in [0.1, 0.15) is 40.5 Å². The second-order valence-corrected chi connectivity index (χ2v) is 3.72. The first-order valence-electron chi connectivity index (χ1n) is 4.97. The molecule has 0 saturated heterocycles. The zero-order valence-electron chi connectivity index (χ0n) is 8.84. The summed E-state index contributed by atoms with van der Waals surface area (Å²) in [4.78, 5) is 0. The van der Waals surface area contributed by atoms with Gasteiger partial charge in [0.05, 0.1) is 12.2 Å². The van der Waals surface area contributed by atoms with Crippen LogP contribution in [0.4, 0.5) is 0 Å². The number of nitrogens with two attached hydrogens (primary N) is 1. The van der Waals surface area contributed by atoms with E-state index in [0.717, 1.165) is 0 Å². The first-order chi connectivity index (χ1) is 5.61. The summed E-state index contributed by atoms with van der Waals surface area (Å²) in [6.07, 6.45) is 2.94. The van der Waals surface area contributed by atoms with Gasteiger partial charge in [-0.3, -0.25) is 0 Å². The van der Waals surface area contributed by atoms with Crippen molar-refractivity contribution in [3.63, 3.8) is 0 Å². The summed E-state index contributed by atoms with van der Waals surface area (Å²) in [6.45, 7) is 9.16. The fourth-order valence-corrected chi connectivity index (χ4v) is 1.41. The Morgan fingerprint density at radius 3 is 2.17 bits per heavy atom. The van der Waals surface area contributed by atoms with Crippen LogP contribution >= 0.6 is 0 Å². The lowest BCUT2D eigenvalue weighted by molar-refractivity contribution is -0.0184. The molecule has 0 aliphatic rings. The average Bonchev–Trinajstić information content (AvgIpc) is 2.00. The summed E-state index contributed by atoms with van der Waals surface area (Å²) in [5.41, 5.74) is 5.63. The summed E-state index contributed by atoms with van der Waals surface area (Å²) < 4.78 is 5.69. The molecular weight excluding hydrogens is 150 g/mol. The first-order valence-corrected chi connectivity index (χ1v) is 4.97. The second kappa shape index (κ2) is 6.44. The van der Waals surface area contributed by atoms with E-state index in [1.54, 1.807) is 0 Å². The molecule has 0 rings (SSSR count). The van der Waals surface area contributed by atoms with E-state index in [1.165, 1.54) is 12.8 Å². The van der Waals surface area contributed by atoms with E-state index in [0.29, 0.717) is 12.5 Å². The van der Waals surface area contributed by atoms with Crippen molar-refractivity contribution < 1.29 is 4.74 Å². The Labute approximate surface area is 76.5 Å². The minimum absolute atomic E-state index is 0.241. The van der Waals surface area contributed by atoms with Crippen molar-refractivity contribution in [3.05, 3.63) is 0 Å². The Morgan fingerprint density at radius 1 is 1.25 bits per heavy atom. The normalized spacial score (nSPS) is 16.5. The van der Waals surface area contributed by atoms with Crippen molar-refractivity contribution in [2.24, 2.45) is 11.7 Å². The Bertz CT molecular complexity index is 104. The lowest BCUT2D eigenvalue weighted by Crippen LogP contribution is -2.32. The van der Waals surface area contributed by atoms with Gasteiger partial charge in [0.2, 0.25) is 0 Å². The smallest absolute Gasteiger partial charge is 0.0726 e. The maximum atomic E-state index is 5.69. The van der Waals surface area contributed by atoms with E-state index in [2.05, 4.69) is 27.7 Å². The van der Waals surface area contributed by atoms with Crippen molar-refractivity contribution in [2.75, 3.05) is 6.54 Å². The molecule has 0 aliphatic heterocycles. The largest absolute Gasteiger partial charge is 0.374 e. The molecule has 0 fully saturated rings. The molecule has 12 heavy (non-hydrogen) atoms. The minimum Gasteiger partial charge on any atom is -0.374 e.